The Morgan fingerprint density at radius 1 is 0.919 bits per heavy atom. The van der Waals surface area contributed by atoms with Crippen LogP contribution in [0.15, 0.2) is 0 Å². The summed E-state index contributed by atoms with van der Waals surface area (Å²) in [5.74, 6) is -12.4. The van der Waals surface area contributed by atoms with E-state index in [2.05, 4.69) is 10.6 Å². The van der Waals surface area contributed by atoms with Gasteiger partial charge in [0.2, 0.25) is 17.6 Å². The molecular formula is C23H36F2N4O8. The van der Waals surface area contributed by atoms with Gasteiger partial charge in [0.05, 0.1) is 6.42 Å². The Morgan fingerprint density at radius 2 is 1.46 bits per heavy atom. The predicted octanol–water partition coefficient (Wildman–Crippen LogP) is 0.827. The number of alkyl carbamates (subject to hydrolysis) is 1. The maximum atomic E-state index is 14.7. The second-order valence-electron chi connectivity index (χ2n) is 10.2. The van der Waals surface area contributed by atoms with Crippen molar-refractivity contribution in [2.24, 2.45) is 5.92 Å². The first-order chi connectivity index (χ1) is 16.9. The molecule has 37 heavy (non-hydrogen) atoms. The molecule has 1 fully saturated rings. The lowest BCUT2D eigenvalue weighted by Gasteiger charge is -2.27. The lowest BCUT2D eigenvalue weighted by molar-refractivity contribution is -0.168. The van der Waals surface area contributed by atoms with Gasteiger partial charge in [-0.3, -0.25) is 24.0 Å². The molecule has 0 aromatic carbocycles. The van der Waals surface area contributed by atoms with Crippen LogP contribution in [-0.4, -0.2) is 88.3 Å². The van der Waals surface area contributed by atoms with Gasteiger partial charge in [-0.2, -0.15) is 8.78 Å². The van der Waals surface area contributed by atoms with Crippen molar-refractivity contribution in [1.82, 2.24) is 20.9 Å². The SMILES string of the molecule is CC(C)[C@H](NC(=O)OC(C)(C)C)C(=O)N[C@@H](C)C(=O)N[C@@H](CC(=O)O)C(=O)C(F)(F)C(=O)N1CCCC1. The monoisotopic (exact) mass is 534 g/mol. The Bertz CT molecular complexity index is 898. The molecule has 0 bridgehead atoms. The fourth-order valence-corrected chi connectivity index (χ4v) is 3.46. The van der Waals surface area contributed by atoms with Crippen LogP contribution in [0.2, 0.25) is 0 Å². The van der Waals surface area contributed by atoms with E-state index >= 15 is 0 Å². The Labute approximate surface area is 213 Å². The molecule has 0 spiro atoms. The normalized spacial score (nSPS) is 16.4. The maximum absolute atomic E-state index is 14.7. The lowest BCUT2D eigenvalue weighted by atomic mass is 10.0. The number of nitrogens with one attached hydrogen (secondary N) is 3. The highest BCUT2D eigenvalue weighted by atomic mass is 19.3. The number of Topliss-reactive ketones (excluding diaryl/α,β-unsaturated/α-hetero) is 1. The summed E-state index contributed by atoms with van der Waals surface area (Å²) in [6, 6.07) is -4.78. The van der Waals surface area contributed by atoms with Crippen LogP contribution in [0.3, 0.4) is 0 Å². The average molecular weight is 535 g/mol. The number of nitrogens with zero attached hydrogens (tertiary/aromatic N) is 1. The summed E-state index contributed by atoms with van der Waals surface area (Å²) in [6.45, 7) is 9.36. The van der Waals surface area contributed by atoms with Crippen LogP contribution in [0.1, 0.15) is 60.8 Å². The summed E-state index contributed by atoms with van der Waals surface area (Å²) in [4.78, 5) is 74.0. The third-order valence-corrected chi connectivity index (χ3v) is 5.36. The number of ether oxygens (including phenoxy) is 1. The number of hydrogen-bond acceptors (Lipinski definition) is 7. The number of carboxylic acid groups (broad SMARTS) is 1. The second-order valence-corrected chi connectivity index (χ2v) is 10.2. The number of halogens is 2. The van der Waals surface area contributed by atoms with Gasteiger partial charge in [0.25, 0.3) is 0 Å². The Morgan fingerprint density at radius 3 is 1.92 bits per heavy atom. The summed E-state index contributed by atoms with van der Waals surface area (Å²) in [6.07, 6.45) is -1.11. The molecule has 4 amide bonds. The van der Waals surface area contributed by atoms with E-state index in [9.17, 15) is 37.5 Å². The maximum Gasteiger partial charge on any atom is 0.408 e. The van der Waals surface area contributed by atoms with E-state index in [0.717, 1.165) is 4.90 Å². The summed E-state index contributed by atoms with van der Waals surface area (Å²) in [5.41, 5.74) is -0.834. The third-order valence-electron chi connectivity index (χ3n) is 5.36. The second kappa shape index (κ2) is 12.8. The first kappa shape index (κ1) is 31.7. The molecule has 12 nitrogen and oxygen atoms in total. The largest absolute Gasteiger partial charge is 0.481 e. The number of ketones is 1. The van der Waals surface area contributed by atoms with Crippen LogP contribution in [0.25, 0.3) is 0 Å². The zero-order valence-corrected chi connectivity index (χ0v) is 21.9. The molecule has 4 N–H and O–H groups in total. The molecule has 210 valence electrons. The van der Waals surface area contributed by atoms with Crippen molar-refractivity contribution >= 4 is 35.6 Å². The minimum absolute atomic E-state index is 0.0368. The van der Waals surface area contributed by atoms with E-state index in [-0.39, 0.29) is 13.1 Å². The lowest BCUT2D eigenvalue weighted by Crippen LogP contribution is -2.59. The quantitative estimate of drug-likeness (QED) is 0.282. The van der Waals surface area contributed by atoms with E-state index in [1.807, 2.05) is 5.32 Å². The van der Waals surface area contributed by atoms with Crippen LogP contribution in [0.5, 0.6) is 0 Å². The van der Waals surface area contributed by atoms with Crippen LogP contribution in [-0.2, 0) is 28.7 Å². The summed E-state index contributed by atoms with van der Waals surface area (Å²) >= 11 is 0. The highest BCUT2D eigenvalue weighted by Gasteiger charge is 2.53. The fraction of sp³-hybridized carbons (Fsp3) is 0.739. The Hall–Kier alpha value is -3.32. The minimum atomic E-state index is -4.55. The van der Waals surface area contributed by atoms with Crippen molar-refractivity contribution in [3.63, 3.8) is 0 Å². The average Bonchev–Trinajstić information content (AvgIpc) is 3.28. The van der Waals surface area contributed by atoms with Crippen molar-refractivity contribution in [2.75, 3.05) is 13.1 Å². The number of alkyl halides is 2. The summed E-state index contributed by atoms with van der Waals surface area (Å²) in [7, 11) is 0. The molecule has 1 aliphatic heterocycles. The number of aliphatic carboxylic acids is 1. The van der Waals surface area contributed by atoms with E-state index < -0.39 is 77.6 Å². The van der Waals surface area contributed by atoms with Gasteiger partial charge in [-0.25, -0.2) is 4.79 Å². The molecule has 0 saturated carbocycles. The zero-order chi connectivity index (χ0) is 28.7. The number of carbonyl (C=O) groups is 6. The predicted molar refractivity (Wildman–Crippen MR) is 126 cm³/mol. The highest BCUT2D eigenvalue weighted by Crippen LogP contribution is 2.24. The molecule has 14 heteroatoms. The first-order valence-electron chi connectivity index (χ1n) is 11.9. The van der Waals surface area contributed by atoms with Gasteiger partial charge >= 0.3 is 23.9 Å². The number of rotatable bonds is 11. The smallest absolute Gasteiger partial charge is 0.408 e. The van der Waals surface area contributed by atoms with E-state index in [0.29, 0.717) is 12.8 Å². The molecule has 0 aromatic rings. The van der Waals surface area contributed by atoms with E-state index in [4.69, 9.17) is 9.84 Å². The van der Waals surface area contributed by atoms with Gasteiger partial charge in [0, 0.05) is 13.1 Å². The number of carbonyl (C=O) groups excluding carboxylic acids is 5. The Balaban J connectivity index is 2.93. The van der Waals surface area contributed by atoms with Gasteiger partial charge in [-0.1, -0.05) is 13.8 Å². The Kier molecular flexibility index (Phi) is 10.9. The number of carboxylic acids is 1. The highest BCUT2D eigenvalue weighted by molar-refractivity contribution is 6.11. The third kappa shape index (κ3) is 9.57. The summed E-state index contributed by atoms with van der Waals surface area (Å²) in [5, 5.41) is 15.7. The topological polar surface area (TPSA) is 171 Å². The van der Waals surface area contributed by atoms with Gasteiger partial charge in [0.15, 0.2) is 0 Å². The van der Waals surface area contributed by atoms with Crippen LogP contribution < -0.4 is 16.0 Å². The molecule has 1 heterocycles. The van der Waals surface area contributed by atoms with Crippen LogP contribution in [0, 0.1) is 5.92 Å². The van der Waals surface area contributed by atoms with Crippen molar-refractivity contribution in [3.8, 4) is 0 Å². The van der Waals surface area contributed by atoms with Gasteiger partial charge in [-0.15, -0.1) is 0 Å². The molecule has 0 radical (unpaired) electrons. The van der Waals surface area contributed by atoms with E-state index in [1.165, 1.54) is 6.92 Å². The van der Waals surface area contributed by atoms with Gasteiger partial charge < -0.3 is 30.7 Å². The molecule has 1 saturated heterocycles. The van der Waals surface area contributed by atoms with Crippen LogP contribution in [0.4, 0.5) is 13.6 Å². The number of likely N-dealkylation sites (tertiary alicyclic amines) is 1. The van der Waals surface area contributed by atoms with Crippen molar-refractivity contribution < 1.29 is 47.4 Å². The molecule has 3 atom stereocenters. The fourth-order valence-electron chi connectivity index (χ4n) is 3.46. The standard InChI is InChI=1S/C23H36F2N4O8/c1-12(2)16(28-21(36)37-22(4,5)6)19(34)26-13(3)18(33)27-14(11-15(30)31)17(32)23(24,25)20(35)29-9-7-8-10-29/h12-14,16H,7-11H2,1-6H3,(H,26,34)(H,27,33)(H,28,36)(H,30,31)/t13-,14-,16-/m0/s1. The van der Waals surface area contributed by atoms with Gasteiger partial charge in [0.1, 0.15) is 23.7 Å². The number of amides is 4. The minimum Gasteiger partial charge on any atom is -0.481 e. The molecular weight excluding hydrogens is 498 g/mol. The molecule has 0 unspecified atom stereocenters. The molecule has 0 aromatic heterocycles. The summed E-state index contributed by atoms with van der Waals surface area (Å²) < 4.78 is 34.4. The zero-order valence-electron chi connectivity index (χ0n) is 21.9. The number of hydrogen-bond donors (Lipinski definition) is 4. The van der Waals surface area contributed by atoms with Crippen molar-refractivity contribution in [3.05, 3.63) is 0 Å². The van der Waals surface area contributed by atoms with Crippen molar-refractivity contribution in [1.29, 1.82) is 0 Å². The van der Waals surface area contributed by atoms with Crippen molar-refractivity contribution in [2.45, 2.75) is 90.5 Å². The van der Waals surface area contributed by atoms with Gasteiger partial charge in [-0.05, 0) is 46.5 Å². The molecule has 1 rings (SSSR count). The van der Waals surface area contributed by atoms with Crippen LogP contribution >= 0.6 is 0 Å². The van der Waals surface area contributed by atoms with E-state index in [1.54, 1.807) is 34.6 Å². The molecule has 1 aliphatic rings. The first-order valence-corrected chi connectivity index (χ1v) is 11.9. The molecule has 0 aliphatic carbocycles.